The van der Waals surface area contributed by atoms with E-state index in [1.54, 1.807) is 0 Å². The first-order valence-electron chi connectivity index (χ1n) is 12.2. The predicted molar refractivity (Wildman–Crippen MR) is 125 cm³/mol. The summed E-state index contributed by atoms with van der Waals surface area (Å²) in [5.41, 5.74) is 4.55. The van der Waals surface area contributed by atoms with E-state index < -0.39 is 23.8 Å². The van der Waals surface area contributed by atoms with Crippen LogP contribution in [0, 0.1) is 17.8 Å². The molecule has 2 aromatic carbocycles. The van der Waals surface area contributed by atoms with Crippen LogP contribution in [0.1, 0.15) is 74.1 Å². The fraction of sp³-hybridized carbons (Fsp3) is 0.464. The van der Waals surface area contributed by atoms with Crippen molar-refractivity contribution in [3.8, 4) is 0 Å². The molecule has 0 N–H and O–H groups in total. The van der Waals surface area contributed by atoms with Gasteiger partial charge in [-0.2, -0.15) is 0 Å². The van der Waals surface area contributed by atoms with E-state index in [1.165, 1.54) is 4.90 Å². The Morgan fingerprint density at radius 1 is 0.879 bits per heavy atom. The number of carbonyl (C=O) groups excluding carboxylic acids is 3. The summed E-state index contributed by atoms with van der Waals surface area (Å²) >= 11 is 0. The Morgan fingerprint density at radius 2 is 1.33 bits per heavy atom. The van der Waals surface area contributed by atoms with Gasteiger partial charge in [0.1, 0.15) is 6.04 Å². The molecule has 33 heavy (non-hydrogen) atoms. The van der Waals surface area contributed by atoms with E-state index in [2.05, 4.69) is 24.3 Å². The van der Waals surface area contributed by atoms with Gasteiger partial charge in [0.2, 0.25) is 11.8 Å². The lowest BCUT2D eigenvalue weighted by atomic mass is 9.55. The SMILES string of the molecule is CCCC[C@H](C(=O)OCC(C)C)N1C(=O)[C@@H]2C3c4ccccc4C(c4ccccc43)[C@H]2C1=O. The van der Waals surface area contributed by atoms with Crippen molar-refractivity contribution in [1.82, 2.24) is 4.90 Å². The number of likely N-dealkylation sites (tertiary alicyclic amines) is 1. The second-order valence-electron chi connectivity index (χ2n) is 9.99. The normalized spacial score (nSPS) is 25.6. The van der Waals surface area contributed by atoms with E-state index in [9.17, 15) is 14.4 Å². The van der Waals surface area contributed by atoms with Gasteiger partial charge in [-0.15, -0.1) is 0 Å². The van der Waals surface area contributed by atoms with Crippen molar-refractivity contribution in [2.75, 3.05) is 6.61 Å². The standard InChI is InChI=1S/C28H31NO4/c1-4-5-14-21(28(32)33-15-16(2)3)29-26(30)24-22-17-10-6-7-11-18(17)23(25(24)27(29)31)20-13-9-8-12-19(20)22/h6-13,16,21-25H,4-5,14-15H2,1-3H3/t21-,22?,23?,24-,25-/m1/s1. The average molecular weight is 446 g/mol. The van der Waals surface area contributed by atoms with Gasteiger partial charge in [0.25, 0.3) is 0 Å². The van der Waals surface area contributed by atoms with Crippen LogP contribution in [-0.4, -0.2) is 35.3 Å². The van der Waals surface area contributed by atoms with Crippen molar-refractivity contribution >= 4 is 17.8 Å². The summed E-state index contributed by atoms with van der Waals surface area (Å²) in [6.45, 7) is 6.27. The number of benzene rings is 2. The minimum absolute atomic E-state index is 0.160. The molecule has 1 aliphatic heterocycles. The molecule has 5 nitrogen and oxygen atoms in total. The number of imide groups is 1. The highest BCUT2D eigenvalue weighted by Crippen LogP contribution is 2.61. The molecule has 3 aliphatic carbocycles. The monoisotopic (exact) mass is 445 g/mol. The van der Waals surface area contributed by atoms with Gasteiger partial charge < -0.3 is 4.74 Å². The molecule has 0 spiro atoms. The fourth-order valence-corrected chi connectivity index (χ4v) is 6.10. The Morgan fingerprint density at radius 3 is 1.73 bits per heavy atom. The molecule has 3 atom stereocenters. The van der Waals surface area contributed by atoms with Gasteiger partial charge in [0, 0.05) is 11.8 Å². The molecule has 0 saturated carbocycles. The van der Waals surface area contributed by atoms with Gasteiger partial charge in [-0.3, -0.25) is 14.5 Å². The first-order valence-corrected chi connectivity index (χ1v) is 12.2. The maximum Gasteiger partial charge on any atom is 0.329 e. The molecule has 2 bridgehead atoms. The lowest BCUT2D eigenvalue weighted by Crippen LogP contribution is -2.46. The highest BCUT2D eigenvalue weighted by Gasteiger charge is 2.63. The van der Waals surface area contributed by atoms with Gasteiger partial charge in [-0.25, -0.2) is 4.79 Å². The molecule has 5 heteroatoms. The lowest BCUT2D eigenvalue weighted by molar-refractivity contribution is -0.160. The fourth-order valence-electron chi connectivity index (χ4n) is 6.10. The third-order valence-corrected chi connectivity index (χ3v) is 7.46. The van der Waals surface area contributed by atoms with Crippen LogP contribution in [0.5, 0.6) is 0 Å². The molecule has 0 aromatic heterocycles. The quantitative estimate of drug-likeness (QED) is 0.460. The number of amides is 2. The predicted octanol–water partition coefficient (Wildman–Crippen LogP) is 4.64. The van der Waals surface area contributed by atoms with Crippen molar-refractivity contribution in [2.24, 2.45) is 17.8 Å². The lowest BCUT2D eigenvalue weighted by Gasteiger charge is -2.45. The van der Waals surface area contributed by atoms with Crippen molar-refractivity contribution in [2.45, 2.75) is 57.9 Å². The van der Waals surface area contributed by atoms with Crippen molar-refractivity contribution in [1.29, 1.82) is 0 Å². The smallest absolute Gasteiger partial charge is 0.329 e. The van der Waals surface area contributed by atoms with Crippen LogP contribution >= 0.6 is 0 Å². The van der Waals surface area contributed by atoms with Gasteiger partial charge in [0.15, 0.2) is 0 Å². The molecular weight excluding hydrogens is 414 g/mol. The second kappa shape index (κ2) is 8.44. The first-order chi connectivity index (χ1) is 16.0. The maximum absolute atomic E-state index is 13.9. The topological polar surface area (TPSA) is 63.7 Å². The van der Waals surface area contributed by atoms with E-state index in [-0.39, 0.29) is 36.2 Å². The highest BCUT2D eigenvalue weighted by molar-refractivity contribution is 6.10. The summed E-state index contributed by atoms with van der Waals surface area (Å²) in [7, 11) is 0. The highest BCUT2D eigenvalue weighted by atomic mass is 16.5. The molecule has 6 rings (SSSR count). The maximum atomic E-state index is 13.9. The largest absolute Gasteiger partial charge is 0.464 e. The van der Waals surface area contributed by atoms with Crippen molar-refractivity contribution < 1.29 is 19.1 Å². The summed E-state index contributed by atoms with van der Waals surface area (Å²) in [6, 6.07) is 15.5. The van der Waals surface area contributed by atoms with Gasteiger partial charge in [0.05, 0.1) is 18.4 Å². The summed E-state index contributed by atoms with van der Waals surface area (Å²) in [5.74, 6) is -1.95. The second-order valence-corrected chi connectivity index (χ2v) is 9.99. The molecule has 1 saturated heterocycles. The van der Waals surface area contributed by atoms with Crippen molar-refractivity contribution in [3.05, 3.63) is 70.8 Å². The van der Waals surface area contributed by atoms with E-state index in [0.717, 1.165) is 35.1 Å². The number of nitrogens with zero attached hydrogens (tertiary/aromatic N) is 1. The van der Waals surface area contributed by atoms with E-state index >= 15 is 0 Å². The van der Waals surface area contributed by atoms with Crippen LogP contribution < -0.4 is 0 Å². The summed E-state index contributed by atoms with van der Waals surface area (Å²) in [5, 5.41) is 0. The van der Waals surface area contributed by atoms with E-state index in [4.69, 9.17) is 4.74 Å². The molecular formula is C28H31NO4. The van der Waals surface area contributed by atoms with Crippen LogP contribution in [-0.2, 0) is 19.1 Å². The molecule has 0 unspecified atom stereocenters. The molecule has 2 aromatic rings. The third kappa shape index (κ3) is 3.32. The summed E-state index contributed by atoms with van der Waals surface area (Å²) < 4.78 is 5.53. The number of unbranched alkanes of at least 4 members (excludes halogenated alkanes) is 1. The first kappa shape index (κ1) is 21.9. The number of ether oxygens (including phenoxy) is 1. The molecule has 172 valence electrons. The number of carbonyl (C=O) groups is 3. The Balaban J connectivity index is 1.56. The Bertz CT molecular complexity index is 991. The number of hydrogen-bond acceptors (Lipinski definition) is 4. The zero-order valence-corrected chi connectivity index (χ0v) is 19.5. The number of hydrogen-bond donors (Lipinski definition) is 0. The Hall–Kier alpha value is -2.95. The third-order valence-electron chi connectivity index (χ3n) is 7.46. The zero-order valence-electron chi connectivity index (χ0n) is 19.5. The zero-order chi connectivity index (χ0) is 23.3. The minimum atomic E-state index is -0.847. The van der Waals surface area contributed by atoms with Crippen LogP contribution in [0.4, 0.5) is 0 Å². The van der Waals surface area contributed by atoms with Gasteiger partial charge >= 0.3 is 5.97 Å². The van der Waals surface area contributed by atoms with Gasteiger partial charge in [-0.1, -0.05) is 82.1 Å². The number of rotatable bonds is 7. The summed E-state index contributed by atoms with van der Waals surface area (Å²) in [4.78, 5) is 42.2. The van der Waals surface area contributed by atoms with Crippen LogP contribution in [0.15, 0.2) is 48.5 Å². The molecule has 4 aliphatic rings. The Kier molecular flexibility index (Phi) is 5.59. The van der Waals surface area contributed by atoms with Crippen molar-refractivity contribution in [3.63, 3.8) is 0 Å². The van der Waals surface area contributed by atoms with Crippen LogP contribution in [0.2, 0.25) is 0 Å². The van der Waals surface area contributed by atoms with E-state index in [0.29, 0.717) is 6.42 Å². The van der Waals surface area contributed by atoms with Crippen LogP contribution in [0.25, 0.3) is 0 Å². The average Bonchev–Trinajstić information content (AvgIpc) is 3.09. The van der Waals surface area contributed by atoms with E-state index in [1.807, 2.05) is 45.0 Å². The molecule has 0 radical (unpaired) electrons. The summed E-state index contributed by atoms with van der Waals surface area (Å²) in [6.07, 6.45) is 2.07. The molecule has 1 heterocycles. The minimum Gasteiger partial charge on any atom is -0.464 e. The number of esters is 1. The van der Waals surface area contributed by atoms with Crippen LogP contribution in [0.3, 0.4) is 0 Å². The molecule has 1 fully saturated rings. The molecule has 2 amide bonds. The Labute approximate surface area is 195 Å². The van der Waals surface area contributed by atoms with Gasteiger partial charge in [-0.05, 0) is 34.6 Å².